The van der Waals surface area contributed by atoms with Crippen LogP contribution in [0.1, 0.15) is 0 Å². The van der Waals surface area contributed by atoms with Crippen LogP contribution in [0.25, 0.3) is 0 Å². The van der Waals surface area contributed by atoms with E-state index < -0.39 is 0 Å². The second kappa shape index (κ2) is 2.23. The minimum Gasteiger partial charge on any atom is -0.322 e. The predicted molar refractivity (Wildman–Crippen MR) is 40.6 cm³/mol. The molecule has 0 aromatic carbocycles. The van der Waals surface area contributed by atoms with Crippen LogP contribution in [0.3, 0.4) is 0 Å². The Kier molecular flexibility index (Phi) is 1.25. The van der Waals surface area contributed by atoms with E-state index in [9.17, 15) is 4.79 Å². The van der Waals surface area contributed by atoms with Crippen LogP contribution < -0.4 is 5.43 Å². The highest BCUT2D eigenvalue weighted by Crippen LogP contribution is 2.04. The van der Waals surface area contributed by atoms with Crippen molar-refractivity contribution in [1.29, 1.82) is 0 Å². The Hall–Kier alpha value is -1.58. The molecule has 0 saturated carbocycles. The lowest BCUT2D eigenvalue weighted by atomic mass is 10.3. The number of hydrogen-bond acceptors (Lipinski definition) is 3. The number of allylic oxidation sites excluding steroid dienone is 2. The Morgan fingerprint density at radius 3 is 3.36 bits per heavy atom. The van der Waals surface area contributed by atoms with Gasteiger partial charge in [0.1, 0.15) is 6.54 Å². The number of fused-ring (bicyclic) bond motifs is 1. The Morgan fingerprint density at radius 2 is 2.45 bits per heavy atom. The normalized spacial score (nSPS) is 20.9. The number of carbonyl (C=O) groups is 1. The molecule has 2 rings (SSSR count). The summed E-state index contributed by atoms with van der Waals surface area (Å²) >= 11 is 0. The minimum absolute atomic E-state index is 0.0753. The van der Waals surface area contributed by atoms with E-state index in [1.54, 1.807) is 4.90 Å². The number of amidine groups is 1. The molecule has 0 fully saturated rings. The van der Waals surface area contributed by atoms with Gasteiger partial charge >= 0.3 is 0 Å². The second-order valence-electron chi connectivity index (χ2n) is 2.33. The van der Waals surface area contributed by atoms with Crippen LogP contribution in [0.4, 0.5) is 0 Å². The van der Waals surface area contributed by atoms with Gasteiger partial charge in [0, 0.05) is 6.20 Å². The summed E-state index contributed by atoms with van der Waals surface area (Å²) < 4.78 is 0. The molecule has 0 aromatic rings. The molecule has 2 aliphatic heterocycles. The second-order valence-corrected chi connectivity index (χ2v) is 2.33. The smallest absolute Gasteiger partial charge is 0.260 e. The van der Waals surface area contributed by atoms with Gasteiger partial charge in [-0.15, -0.1) is 0 Å². The molecule has 2 aliphatic rings. The van der Waals surface area contributed by atoms with Crippen molar-refractivity contribution >= 4 is 11.7 Å². The van der Waals surface area contributed by atoms with E-state index in [1.807, 2.05) is 24.4 Å². The van der Waals surface area contributed by atoms with Gasteiger partial charge in [0.05, 0.1) is 0 Å². The summed E-state index contributed by atoms with van der Waals surface area (Å²) in [4.78, 5) is 12.6. The molecule has 4 heteroatoms. The van der Waals surface area contributed by atoms with Crippen molar-refractivity contribution in [2.75, 3.05) is 6.54 Å². The predicted octanol–water partition coefficient (Wildman–Crippen LogP) is -0.185. The summed E-state index contributed by atoms with van der Waals surface area (Å²) in [5.41, 5.74) is 2.40. The molecule has 2 heterocycles. The Morgan fingerprint density at radius 1 is 1.55 bits per heavy atom. The molecule has 0 radical (unpaired) electrons. The summed E-state index contributed by atoms with van der Waals surface area (Å²) in [6.07, 6.45) is 7.43. The third-order valence-electron chi connectivity index (χ3n) is 1.53. The van der Waals surface area contributed by atoms with Crippen molar-refractivity contribution in [3.63, 3.8) is 0 Å². The van der Waals surface area contributed by atoms with Gasteiger partial charge in [-0.1, -0.05) is 6.08 Å². The third kappa shape index (κ3) is 1.02. The monoisotopic (exact) mass is 149 g/mol. The molecule has 56 valence electrons. The van der Waals surface area contributed by atoms with Gasteiger partial charge in [0.25, 0.3) is 5.91 Å². The van der Waals surface area contributed by atoms with Crippen LogP contribution in [-0.2, 0) is 4.79 Å². The van der Waals surface area contributed by atoms with Crippen LogP contribution in [0.15, 0.2) is 29.5 Å². The van der Waals surface area contributed by atoms with Crippen molar-refractivity contribution in [1.82, 2.24) is 10.3 Å². The average Bonchev–Trinajstić information content (AvgIpc) is 2.04. The van der Waals surface area contributed by atoms with Crippen LogP contribution >= 0.6 is 0 Å². The lowest BCUT2D eigenvalue weighted by Crippen LogP contribution is -2.42. The number of carbonyl (C=O) groups excluding carboxylic acids is 1. The van der Waals surface area contributed by atoms with Gasteiger partial charge in [-0.2, -0.15) is 5.10 Å². The zero-order valence-corrected chi connectivity index (χ0v) is 5.82. The van der Waals surface area contributed by atoms with Crippen LogP contribution in [0.2, 0.25) is 0 Å². The summed E-state index contributed by atoms with van der Waals surface area (Å²) in [5, 5.41) is 3.84. The van der Waals surface area contributed by atoms with E-state index >= 15 is 0 Å². The van der Waals surface area contributed by atoms with Crippen LogP contribution in [0, 0.1) is 0 Å². The van der Waals surface area contributed by atoms with Gasteiger partial charge in [-0.25, -0.2) is 5.43 Å². The summed E-state index contributed by atoms with van der Waals surface area (Å²) in [6.45, 7) is 0.361. The van der Waals surface area contributed by atoms with Crippen LogP contribution in [0.5, 0.6) is 0 Å². The fourth-order valence-electron chi connectivity index (χ4n) is 1.01. The Bertz CT molecular complexity index is 277. The molecule has 1 N–H and O–H groups in total. The van der Waals surface area contributed by atoms with Crippen molar-refractivity contribution in [2.45, 2.75) is 0 Å². The molecule has 0 unspecified atom stereocenters. The van der Waals surface area contributed by atoms with Crippen molar-refractivity contribution in [3.05, 3.63) is 24.4 Å². The number of nitrogens with one attached hydrogen (secondary N) is 1. The first-order valence-electron chi connectivity index (χ1n) is 3.34. The largest absolute Gasteiger partial charge is 0.322 e. The number of nitrogens with zero attached hydrogens (tertiary/aromatic N) is 2. The summed E-state index contributed by atoms with van der Waals surface area (Å²) in [5.74, 6) is 0.709. The number of hydrazone groups is 1. The molecule has 0 bridgehead atoms. The quantitative estimate of drug-likeness (QED) is 0.519. The molecule has 11 heavy (non-hydrogen) atoms. The standard InChI is InChI=1S/C7H7N3O/c11-7-5-10-4-2-1-3-6(10)8-9-7/h1-4H,5H2,(H,9,11). The zero-order valence-electron chi connectivity index (χ0n) is 5.82. The van der Waals surface area contributed by atoms with Gasteiger partial charge in [0.15, 0.2) is 5.84 Å². The highest BCUT2D eigenvalue weighted by molar-refractivity contribution is 6.00. The van der Waals surface area contributed by atoms with Gasteiger partial charge in [-0.3, -0.25) is 4.79 Å². The van der Waals surface area contributed by atoms with E-state index in [0.717, 1.165) is 5.84 Å². The van der Waals surface area contributed by atoms with Gasteiger partial charge in [-0.05, 0) is 12.2 Å². The molecule has 4 nitrogen and oxygen atoms in total. The molecule has 0 spiro atoms. The topological polar surface area (TPSA) is 44.7 Å². The van der Waals surface area contributed by atoms with Crippen molar-refractivity contribution < 1.29 is 4.79 Å². The van der Waals surface area contributed by atoms with Gasteiger partial charge in [0.2, 0.25) is 0 Å². The van der Waals surface area contributed by atoms with Gasteiger partial charge < -0.3 is 4.90 Å². The first kappa shape index (κ1) is 6.15. The SMILES string of the molecule is O=C1CN2C=CC=CC2=NN1. The molecule has 1 amide bonds. The maximum Gasteiger partial charge on any atom is 0.260 e. The highest BCUT2D eigenvalue weighted by Gasteiger charge is 2.16. The van der Waals surface area contributed by atoms with E-state index in [4.69, 9.17) is 0 Å². The Balaban J connectivity index is 2.30. The van der Waals surface area contributed by atoms with E-state index in [1.165, 1.54) is 0 Å². The summed E-state index contributed by atoms with van der Waals surface area (Å²) in [6, 6.07) is 0. The number of hydrogen-bond donors (Lipinski definition) is 1. The first-order chi connectivity index (χ1) is 5.36. The van der Waals surface area contributed by atoms with Crippen molar-refractivity contribution in [3.8, 4) is 0 Å². The van der Waals surface area contributed by atoms with E-state index in [2.05, 4.69) is 10.5 Å². The van der Waals surface area contributed by atoms with E-state index in [-0.39, 0.29) is 5.91 Å². The molecular weight excluding hydrogens is 142 g/mol. The maximum absolute atomic E-state index is 10.8. The molecule has 0 aliphatic carbocycles. The summed E-state index contributed by atoms with van der Waals surface area (Å²) in [7, 11) is 0. The number of amides is 1. The molecular formula is C7H7N3O. The lowest BCUT2D eigenvalue weighted by Gasteiger charge is -2.24. The fourth-order valence-corrected chi connectivity index (χ4v) is 1.01. The zero-order chi connectivity index (χ0) is 7.68. The fraction of sp³-hybridized carbons (Fsp3) is 0.143. The highest BCUT2D eigenvalue weighted by atomic mass is 16.2. The average molecular weight is 149 g/mol. The molecule has 0 aromatic heterocycles. The van der Waals surface area contributed by atoms with Crippen molar-refractivity contribution in [2.24, 2.45) is 5.10 Å². The third-order valence-corrected chi connectivity index (χ3v) is 1.53. The lowest BCUT2D eigenvalue weighted by molar-refractivity contribution is -0.121. The molecule has 0 saturated heterocycles. The maximum atomic E-state index is 10.8. The van der Waals surface area contributed by atoms with E-state index in [0.29, 0.717) is 6.54 Å². The number of rotatable bonds is 0. The first-order valence-corrected chi connectivity index (χ1v) is 3.34. The Labute approximate surface area is 63.9 Å². The minimum atomic E-state index is -0.0753. The molecule has 0 atom stereocenters. The van der Waals surface area contributed by atoms with Crippen LogP contribution in [-0.4, -0.2) is 23.2 Å².